The summed E-state index contributed by atoms with van der Waals surface area (Å²) >= 11 is 0. The fourth-order valence-corrected chi connectivity index (χ4v) is 7.14. The van der Waals surface area contributed by atoms with Crippen molar-refractivity contribution >= 4 is 5.97 Å². The molecular formula is C53H96O4. The number of aliphatic hydroxyl groups is 1. The molecule has 0 bridgehead atoms. The van der Waals surface area contributed by atoms with Gasteiger partial charge in [-0.2, -0.15) is 0 Å². The minimum absolute atomic E-state index is 0.174. The highest BCUT2D eigenvalue weighted by Gasteiger charge is 2.13. The highest BCUT2D eigenvalue weighted by Crippen LogP contribution is 2.15. The van der Waals surface area contributed by atoms with Crippen LogP contribution in [0.5, 0.6) is 0 Å². The average molecular weight is 797 g/mol. The molecule has 0 aromatic heterocycles. The molecule has 0 radical (unpaired) electrons. The standard InChI is InChI=1S/C53H96O4/c1-3-5-7-9-11-13-15-17-19-21-23-25-26-27-29-31-33-35-37-39-41-43-45-47-49-56-51-52(50-54)57-53(55)48-46-44-42-40-38-36-34-32-30-28-24-22-20-18-16-14-12-10-8-6-4-2/h5,7,11,13,17,19,22-25,52,54H,3-4,6,8-10,12,14-16,18,20-21,26-51H2,1-2H3/b7-5-,13-11-,19-17-,24-22-,25-23-. The third-order valence-electron chi connectivity index (χ3n) is 10.8. The number of esters is 1. The largest absolute Gasteiger partial charge is 0.457 e. The van der Waals surface area contributed by atoms with Crippen LogP contribution >= 0.6 is 0 Å². The molecule has 4 heteroatoms. The van der Waals surface area contributed by atoms with Crippen LogP contribution in [-0.2, 0) is 14.3 Å². The number of unbranched alkanes of at least 4 members (excludes halogenated alkanes) is 28. The van der Waals surface area contributed by atoms with Crippen molar-refractivity contribution in [1.82, 2.24) is 0 Å². The molecule has 0 heterocycles. The lowest BCUT2D eigenvalue weighted by atomic mass is 10.1. The second-order valence-electron chi connectivity index (χ2n) is 16.5. The van der Waals surface area contributed by atoms with Crippen molar-refractivity contribution in [1.29, 1.82) is 0 Å². The highest BCUT2D eigenvalue weighted by molar-refractivity contribution is 5.69. The van der Waals surface area contributed by atoms with Gasteiger partial charge >= 0.3 is 5.97 Å². The van der Waals surface area contributed by atoms with Crippen LogP contribution in [0.25, 0.3) is 0 Å². The summed E-state index contributed by atoms with van der Waals surface area (Å²) in [7, 11) is 0. The number of allylic oxidation sites excluding steroid dienone is 10. The van der Waals surface area contributed by atoms with E-state index in [1.807, 2.05) is 0 Å². The van der Waals surface area contributed by atoms with E-state index >= 15 is 0 Å². The number of hydrogen-bond donors (Lipinski definition) is 1. The van der Waals surface area contributed by atoms with Crippen molar-refractivity contribution < 1.29 is 19.4 Å². The molecule has 1 N–H and O–H groups in total. The maximum absolute atomic E-state index is 12.3. The summed E-state index contributed by atoms with van der Waals surface area (Å²) < 4.78 is 11.2. The van der Waals surface area contributed by atoms with Crippen molar-refractivity contribution in [3.63, 3.8) is 0 Å². The van der Waals surface area contributed by atoms with E-state index in [2.05, 4.69) is 74.6 Å². The number of ether oxygens (including phenoxy) is 2. The normalized spacial score (nSPS) is 12.8. The van der Waals surface area contributed by atoms with Gasteiger partial charge in [-0.25, -0.2) is 0 Å². The molecule has 0 aliphatic carbocycles. The molecule has 0 saturated heterocycles. The molecule has 57 heavy (non-hydrogen) atoms. The van der Waals surface area contributed by atoms with Crippen LogP contribution in [0.4, 0.5) is 0 Å². The Labute approximate surface area is 355 Å². The Morgan fingerprint density at radius 3 is 1.21 bits per heavy atom. The van der Waals surface area contributed by atoms with Gasteiger partial charge in [-0.3, -0.25) is 4.79 Å². The second-order valence-corrected chi connectivity index (χ2v) is 16.5. The molecule has 0 fully saturated rings. The molecule has 332 valence electrons. The van der Waals surface area contributed by atoms with Crippen molar-refractivity contribution in [3.05, 3.63) is 60.8 Å². The molecule has 0 aromatic carbocycles. The maximum atomic E-state index is 12.3. The average Bonchev–Trinajstić information content (AvgIpc) is 3.22. The maximum Gasteiger partial charge on any atom is 0.306 e. The van der Waals surface area contributed by atoms with E-state index in [-0.39, 0.29) is 12.6 Å². The summed E-state index contributed by atoms with van der Waals surface area (Å²) in [5, 5.41) is 9.65. The van der Waals surface area contributed by atoms with Gasteiger partial charge in [0.1, 0.15) is 6.10 Å². The molecular weight excluding hydrogens is 701 g/mol. The first-order chi connectivity index (χ1) is 28.2. The molecule has 0 rings (SSSR count). The highest BCUT2D eigenvalue weighted by atomic mass is 16.6. The van der Waals surface area contributed by atoms with E-state index in [0.717, 1.165) is 44.9 Å². The van der Waals surface area contributed by atoms with Gasteiger partial charge in [0.05, 0.1) is 13.2 Å². The molecule has 0 aromatic rings. The molecule has 0 saturated carbocycles. The number of carbonyl (C=O) groups is 1. The predicted molar refractivity (Wildman–Crippen MR) is 251 cm³/mol. The molecule has 4 nitrogen and oxygen atoms in total. The van der Waals surface area contributed by atoms with E-state index in [4.69, 9.17) is 9.47 Å². The van der Waals surface area contributed by atoms with E-state index in [1.165, 1.54) is 180 Å². The van der Waals surface area contributed by atoms with Gasteiger partial charge in [-0.1, -0.05) is 222 Å². The number of hydrogen-bond acceptors (Lipinski definition) is 4. The van der Waals surface area contributed by atoms with Crippen molar-refractivity contribution in [2.24, 2.45) is 0 Å². The van der Waals surface area contributed by atoms with Crippen molar-refractivity contribution in [3.8, 4) is 0 Å². The fourth-order valence-electron chi connectivity index (χ4n) is 7.14. The van der Waals surface area contributed by atoms with Gasteiger partial charge in [0.15, 0.2) is 0 Å². The van der Waals surface area contributed by atoms with Crippen molar-refractivity contribution in [2.75, 3.05) is 19.8 Å². The second kappa shape index (κ2) is 50.2. The summed E-state index contributed by atoms with van der Waals surface area (Å²) in [5.41, 5.74) is 0. The minimum Gasteiger partial charge on any atom is -0.457 e. The fraction of sp³-hybridized carbons (Fsp3) is 0.792. The summed E-state index contributed by atoms with van der Waals surface area (Å²) in [6.07, 6.45) is 67.3. The zero-order valence-corrected chi connectivity index (χ0v) is 38.1. The Morgan fingerprint density at radius 1 is 0.439 bits per heavy atom. The quantitative estimate of drug-likeness (QED) is 0.0379. The zero-order chi connectivity index (χ0) is 41.2. The van der Waals surface area contributed by atoms with Crippen LogP contribution in [0, 0.1) is 0 Å². The number of aliphatic hydroxyl groups excluding tert-OH is 1. The van der Waals surface area contributed by atoms with E-state index < -0.39 is 6.10 Å². The van der Waals surface area contributed by atoms with E-state index in [1.54, 1.807) is 0 Å². The lowest BCUT2D eigenvalue weighted by molar-refractivity contribution is -0.154. The molecule has 0 aliphatic heterocycles. The van der Waals surface area contributed by atoms with Gasteiger partial charge in [0.25, 0.3) is 0 Å². The summed E-state index contributed by atoms with van der Waals surface area (Å²) in [6.45, 7) is 5.25. The Bertz CT molecular complexity index is 931. The molecule has 1 atom stereocenters. The Hall–Kier alpha value is -1.91. The Morgan fingerprint density at radius 2 is 0.789 bits per heavy atom. The Kier molecular flexibility index (Phi) is 48.6. The van der Waals surface area contributed by atoms with E-state index in [0.29, 0.717) is 19.6 Å². The van der Waals surface area contributed by atoms with Crippen LogP contribution < -0.4 is 0 Å². The van der Waals surface area contributed by atoms with Crippen LogP contribution in [0.1, 0.15) is 245 Å². The summed E-state index contributed by atoms with van der Waals surface area (Å²) in [6, 6.07) is 0. The molecule has 0 spiro atoms. The van der Waals surface area contributed by atoms with E-state index in [9.17, 15) is 9.90 Å². The van der Waals surface area contributed by atoms with Gasteiger partial charge in [-0.05, 0) is 77.0 Å². The van der Waals surface area contributed by atoms with Crippen LogP contribution in [0.15, 0.2) is 60.8 Å². The first kappa shape index (κ1) is 55.1. The van der Waals surface area contributed by atoms with Crippen molar-refractivity contribution in [2.45, 2.75) is 251 Å². The van der Waals surface area contributed by atoms with Crippen LogP contribution in [0.2, 0.25) is 0 Å². The summed E-state index contributed by atoms with van der Waals surface area (Å²) in [5.74, 6) is -0.202. The SMILES string of the molecule is CC/C=C\C/C=C\C/C=C\C/C=C\CCCCCCCCCCCCCOCC(CO)OC(=O)CCCCCCCCCCC/C=C\CCCCCCCCCC. The van der Waals surface area contributed by atoms with Gasteiger partial charge < -0.3 is 14.6 Å². The minimum atomic E-state index is -0.539. The van der Waals surface area contributed by atoms with Crippen LogP contribution in [0.3, 0.4) is 0 Å². The summed E-state index contributed by atoms with van der Waals surface area (Å²) in [4.78, 5) is 12.3. The first-order valence-corrected chi connectivity index (χ1v) is 24.9. The third kappa shape index (κ3) is 48.4. The first-order valence-electron chi connectivity index (χ1n) is 24.9. The topological polar surface area (TPSA) is 55.8 Å². The monoisotopic (exact) mass is 797 g/mol. The molecule has 0 amide bonds. The van der Waals surface area contributed by atoms with Gasteiger partial charge in [0, 0.05) is 13.0 Å². The van der Waals surface area contributed by atoms with Crippen LogP contribution in [-0.4, -0.2) is 37.0 Å². The zero-order valence-electron chi connectivity index (χ0n) is 38.1. The van der Waals surface area contributed by atoms with Gasteiger partial charge in [-0.15, -0.1) is 0 Å². The lowest BCUT2D eigenvalue weighted by Crippen LogP contribution is -2.27. The molecule has 0 aliphatic rings. The number of carbonyl (C=O) groups excluding carboxylic acids is 1. The molecule has 1 unspecified atom stereocenters. The Balaban J connectivity index is 3.42. The number of rotatable bonds is 46. The van der Waals surface area contributed by atoms with Gasteiger partial charge in [0.2, 0.25) is 0 Å². The lowest BCUT2D eigenvalue weighted by Gasteiger charge is -2.16. The predicted octanol–water partition coefficient (Wildman–Crippen LogP) is 16.8. The third-order valence-corrected chi connectivity index (χ3v) is 10.8. The smallest absolute Gasteiger partial charge is 0.306 e.